The van der Waals surface area contributed by atoms with Crippen LogP contribution in [0.4, 0.5) is 4.39 Å². The van der Waals surface area contributed by atoms with Crippen molar-refractivity contribution in [3.8, 4) is 18.7 Å². The summed E-state index contributed by atoms with van der Waals surface area (Å²) in [5.41, 5.74) is 3.97. The number of carbonyl (C=O) groups excluding carboxylic acids is 1. The predicted octanol–water partition coefficient (Wildman–Crippen LogP) is 6.35. The van der Waals surface area contributed by atoms with Crippen LogP contribution in [0.1, 0.15) is 43.9 Å². The van der Waals surface area contributed by atoms with Gasteiger partial charge in [0.2, 0.25) is 5.88 Å². The number of halogens is 2. The molecule has 0 N–H and O–H groups in total. The summed E-state index contributed by atoms with van der Waals surface area (Å²) in [6, 6.07) is 10.3. The van der Waals surface area contributed by atoms with Gasteiger partial charge in [0.15, 0.2) is 0 Å². The third-order valence-corrected chi connectivity index (χ3v) is 7.19. The zero-order chi connectivity index (χ0) is 30.2. The van der Waals surface area contributed by atoms with Crippen LogP contribution in [0.3, 0.4) is 0 Å². The Morgan fingerprint density at radius 3 is 2.57 bits per heavy atom. The van der Waals surface area contributed by atoms with E-state index in [4.69, 9.17) is 26.1 Å². The second-order valence-corrected chi connectivity index (χ2v) is 10.2. The molecule has 2 aromatic rings. The normalized spacial score (nSPS) is 14.5. The van der Waals surface area contributed by atoms with Gasteiger partial charge in [-0.1, -0.05) is 43.3 Å². The van der Waals surface area contributed by atoms with Gasteiger partial charge in [0, 0.05) is 86.1 Å². The number of rotatable bonds is 14. The van der Waals surface area contributed by atoms with Gasteiger partial charge < -0.3 is 24.1 Å². The number of nitrogens with zero attached hydrogens (tertiary/aromatic N) is 3. The van der Waals surface area contributed by atoms with Gasteiger partial charge in [-0.05, 0) is 68.6 Å². The van der Waals surface area contributed by atoms with E-state index in [2.05, 4.69) is 29.2 Å². The van der Waals surface area contributed by atoms with Crippen molar-refractivity contribution in [3.63, 3.8) is 0 Å². The number of hydrogen-bond donors (Lipinski definition) is 0. The van der Waals surface area contributed by atoms with Gasteiger partial charge in [0.05, 0.1) is 6.61 Å². The third kappa shape index (κ3) is 12.1. The fourth-order valence-corrected chi connectivity index (χ4v) is 4.75. The Morgan fingerprint density at radius 2 is 1.95 bits per heavy atom. The van der Waals surface area contributed by atoms with Gasteiger partial charge >= 0.3 is 0 Å². The Bertz CT molecular complexity index is 1230. The van der Waals surface area contributed by atoms with E-state index in [1.54, 1.807) is 32.2 Å². The largest absolute Gasteiger partial charge is 0.473 e. The zero-order valence-electron chi connectivity index (χ0n) is 24.7. The second-order valence-electron chi connectivity index (χ2n) is 9.72. The molecule has 1 aliphatic heterocycles. The summed E-state index contributed by atoms with van der Waals surface area (Å²) in [6.07, 6.45) is 15.6. The first-order valence-corrected chi connectivity index (χ1v) is 14.0. The van der Waals surface area contributed by atoms with Crippen molar-refractivity contribution in [2.24, 2.45) is 0 Å². The van der Waals surface area contributed by atoms with E-state index in [-0.39, 0.29) is 43.5 Å². The number of allylic oxidation sites excluding steroid dienone is 4. The van der Waals surface area contributed by atoms with Crippen molar-refractivity contribution in [1.29, 1.82) is 0 Å². The zero-order valence-corrected chi connectivity index (χ0v) is 29.7. The summed E-state index contributed by atoms with van der Waals surface area (Å²) in [5, 5.41) is 0.359. The van der Waals surface area contributed by atoms with E-state index in [0.717, 1.165) is 56.0 Å². The van der Waals surface area contributed by atoms with Crippen LogP contribution < -0.4 is 4.74 Å². The Morgan fingerprint density at radius 1 is 1.24 bits per heavy atom. The Labute approximate surface area is 279 Å². The molecule has 1 saturated heterocycles. The quantitative estimate of drug-likeness (QED) is 0.0961. The molecule has 224 valence electrons. The number of aromatic nitrogens is 1. The number of piperidine rings is 1. The van der Waals surface area contributed by atoms with Crippen LogP contribution in [-0.2, 0) is 16.1 Å². The molecule has 1 aromatic carbocycles. The summed E-state index contributed by atoms with van der Waals surface area (Å²) >= 11 is 5.84. The molecule has 9 heteroatoms. The van der Waals surface area contributed by atoms with Crippen molar-refractivity contribution in [1.82, 2.24) is 14.8 Å². The fourth-order valence-electron chi connectivity index (χ4n) is 4.59. The average molecular weight is 819 g/mol. The third-order valence-electron chi connectivity index (χ3n) is 6.96. The van der Waals surface area contributed by atoms with Crippen molar-refractivity contribution in [3.05, 3.63) is 94.1 Å². The van der Waals surface area contributed by atoms with Gasteiger partial charge in [-0.15, -0.1) is 12.8 Å². The molecule has 42 heavy (non-hydrogen) atoms. The first-order chi connectivity index (χ1) is 19.8. The van der Waals surface area contributed by atoms with Gasteiger partial charge in [-0.2, -0.15) is 11.6 Å². The average Bonchev–Trinajstić information content (AvgIpc) is 3.00. The smallest absolute Gasteiger partial charge is 0.213 e. The van der Waals surface area contributed by atoms with E-state index in [1.807, 2.05) is 37.5 Å². The maximum Gasteiger partial charge on any atom is 0.213 e. The van der Waals surface area contributed by atoms with E-state index < -0.39 is 0 Å². The minimum Gasteiger partial charge on any atom is -0.473 e. The van der Waals surface area contributed by atoms with Gasteiger partial charge in [-0.3, -0.25) is 0 Å². The molecule has 0 unspecified atom stereocenters. The summed E-state index contributed by atoms with van der Waals surface area (Å²) < 4.78 is 25.2. The SMILES string of the molecule is C#C.C=C/C(C)=C(\C=C(/C)[C-]=O)N(CCOC)CCN1CCC(c2cccc(OCc3ccc(Cl)cc3F)n2)CC1.[U]. The molecule has 0 atom stereocenters. The maximum absolute atomic E-state index is 14.1. The molecule has 1 aliphatic rings. The predicted molar refractivity (Wildman–Crippen MR) is 164 cm³/mol. The molecule has 1 fully saturated rings. The first kappa shape index (κ1) is 37.6. The van der Waals surface area contributed by atoms with E-state index in [1.165, 1.54) is 6.07 Å². The van der Waals surface area contributed by atoms with Crippen molar-refractivity contribution >= 4 is 17.9 Å². The summed E-state index contributed by atoms with van der Waals surface area (Å²) in [4.78, 5) is 20.6. The molecule has 0 saturated carbocycles. The topological polar surface area (TPSA) is 54.9 Å². The molecule has 0 amide bonds. The van der Waals surface area contributed by atoms with Crippen LogP contribution in [0.5, 0.6) is 5.88 Å². The first-order valence-electron chi connectivity index (χ1n) is 13.6. The van der Waals surface area contributed by atoms with Crippen molar-refractivity contribution in [2.45, 2.75) is 39.2 Å². The molecule has 0 radical (unpaired) electrons. The molecule has 3 rings (SSSR count). The standard InChI is InChI=1S/C31H38ClFN3O3.C2H2.U/c1-5-24(3)30(19-23(2)21-37)36(17-18-38-4)16-15-35-13-11-25(12-14-35)29-7-6-8-31(34-29)39-22-26-9-10-27(32)20-28(26)33;1-2;/h5-10,19-20,25H,1,11-18,22H2,2-4H3;1-2H;/q-1;;/b23-19+,30-24+;;. The number of benzene rings is 1. The molecule has 2 heterocycles. The maximum atomic E-state index is 14.1. The Hall–Kier alpha value is -2.39. The molecular formula is C33H40ClFN3O3U-. The Kier molecular flexibility index (Phi) is 18.4. The number of likely N-dealkylation sites (tertiary alicyclic amines) is 1. The number of hydrogen-bond acceptors (Lipinski definition) is 6. The van der Waals surface area contributed by atoms with E-state index >= 15 is 0 Å². The minimum atomic E-state index is -0.387. The Balaban J connectivity index is 0.00000288. The number of methoxy groups -OCH3 is 1. The number of terminal acetylenes is 1. The monoisotopic (exact) mass is 818 g/mol. The van der Waals surface area contributed by atoms with Crippen molar-refractivity contribution in [2.75, 3.05) is 46.4 Å². The summed E-state index contributed by atoms with van der Waals surface area (Å²) in [5.74, 6) is 0.446. The van der Waals surface area contributed by atoms with Crippen LogP contribution >= 0.6 is 11.6 Å². The number of pyridine rings is 1. The van der Waals surface area contributed by atoms with E-state index in [0.29, 0.717) is 41.1 Å². The molecular weight excluding hydrogens is 779 g/mol. The summed E-state index contributed by atoms with van der Waals surface area (Å²) in [6.45, 7) is 12.7. The molecule has 0 bridgehead atoms. The molecule has 0 aliphatic carbocycles. The number of ether oxygens (including phenoxy) is 2. The van der Waals surface area contributed by atoms with Crippen LogP contribution in [0.2, 0.25) is 5.02 Å². The molecule has 6 nitrogen and oxygen atoms in total. The van der Waals surface area contributed by atoms with Crippen LogP contribution in [0.15, 0.2) is 72.0 Å². The van der Waals surface area contributed by atoms with Gasteiger partial charge in [0.25, 0.3) is 0 Å². The summed E-state index contributed by atoms with van der Waals surface area (Å²) in [7, 11) is 1.69. The van der Waals surface area contributed by atoms with Crippen LogP contribution in [-0.4, -0.2) is 67.5 Å². The fraction of sp³-hybridized carbons (Fsp3) is 0.394. The molecule has 1 aromatic heterocycles. The van der Waals surface area contributed by atoms with Crippen molar-refractivity contribution < 1.29 is 49.8 Å². The van der Waals surface area contributed by atoms with Crippen LogP contribution in [0, 0.1) is 49.8 Å². The van der Waals surface area contributed by atoms with Gasteiger partial charge in [0.1, 0.15) is 12.4 Å². The second kappa shape index (κ2) is 20.5. The molecule has 0 spiro atoms. The van der Waals surface area contributed by atoms with E-state index in [9.17, 15) is 9.18 Å². The van der Waals surface area contributed by atoms with Crippen LogP contribution in [0.25, 0.3) is 0 Å². The minimum absolute atomic E-state index is 0. The van der Waals surface area contributed by atoms with Gasteiger partial charge in [-0.25, -0.2) is 9.37 Å².